The minimum absolute atomic E-state index is 0.0194. The lowest BCUT2D eigenvalue weighted by Gasteiger charge is -2.41. The summed E-state index contributed by atoms with van der Waals surface area (Å²) in [6, 6.07) is -0.408. The molecule has 2 unspecified atom stereocenters. The summed E-state index contributed by atoms with van der Waals surface area (Å²) in [7, 11) is 1.77. The number of aliphatic hydroxyl groups excluding tert-OH is 1. The van der Waals surface area contributed by atoms with Crippen LogP contribution in [0, 0.1) is 11.8 Å². The largest absolute Gasteiger partial charge is 0.396 e. The van der Waals surface area contributed by atoms with Crippen LogP contribution in [0.1, 0.15) is 64.7 Å². The first-order chi connectivity index (χ1) is 17.3. The van der Waals surface area contributed by atoms with E-state index in [2.05, 4.69) is 20.1 Å². The maximum absolute atomic E-state index is 14.5. The molecule has 0 aromatic rings. The molecule has 7 nitrogen and oxygen atoms in total. The van der Waals surface area contributed by atoms with Crippen molar-refractivity contribution in [1.82, 2.24) is 14.7 Å². The molecule has 0 radical (unpaired) electrons. The zero-order valence-corrected chi connectivity index (χ0v) is 22.8. The number of nitrogens with zero attached hydrogens (tertiary/aromatic N) is 3. The van der Waals surface area contributed by atoms with Crippen molar-refractivity contribution < 1.29 is 19.5 Å². The van der Waals surface area contributed by atoms with Crippen molar-refractivity contribution in [3.8, 4) is 0 Å². The maximum atomic E-state index is 14.5. The zero-order chi connectivity index (χ0) is 26.1. The van der Waals surface area contributed by atoms with Gasteiger partial charge in [0.15, 0.2) is 0 Å². The fraction of sp³-hybridized carbons (Fsp3) is 0.750. The van der Waals surface area contributed by atoms with E-state index < -0.39 is 22.6 Å². The third kappa shape index (κ3) is 4.42. The molecule has 3 heterocycles. The van der Waals surface area contributed by atoms with Gasteiger partial charge >= 0.3 is 0 Å². The number of likely N-dealkylation sites (tertiary alicyclic amines) is 1. The van der Waals surface area contributed by atoms with Gasteiger partial charge in [-0.2, -0.15) is 0 Å². The summed E-state index contributed by atoms with van der Waals surface area (Å²) in [5.41, 5.74) is 0. The van der Waals surface area contributed by atoms with E-state index in [-0.39, 0.29) is 35.1 Å². The summed E-state index contributed by atoms with van der Waals surface area (Å²) in [5.74, 6) is -1.01. The third-order valence-electron chi connectivity index (χ3n) is 8.99. The molecule has 3 aliphatic heterocycles. The van der Waals surface area contributed by atoms with Gasteiger partial charge in [0.2, 0.25) is 17.7 Å². The Hall–Kier alpha value is -1.80. The molecule has 2 bridgehead atoms. The molecule has 4 rings (SSSR count). The van der Waals surface area contributed by atoms with Crippen LogP contribution in [0.15, 0.2) is 25.3 Å². The van der Waals surface area contributed by atoms with E-state index in [1.54, 1.807) is 40.8 Å². The highest BCUT2D eigenvalue weighted by atomic mass is 32.2. The maximum Gasteiger partial charge on any atom is 0.247 e. The van der Waals surface area contributed by atoms with Gasteiger partial charge in [-0.25, -0.2) is 0 Å². The molecule has 4 aliphatic rings. The van der Waals surface area contributed by atoms with Crippen molar-refractivity contribution in [2.24, 2.45) is 11.8 Å². The Kier molecular flexibility index (Phi) is 8.25. The first-order valence-corrected chi connectivity index (χ1v) is 14.5. The van der Waals surface area contributed by atoms with Crippen LogP contribution in [-0.2, 0) is 14.4 Å². The number of hydrogen-bond donors (Lipinski definition) is 1. The normalized spacial score (nSPS) is 33.5. The predicted molar refractivity (Wildman–Crippen MR) is 143 cm³/mol. The minimum Gasteiger partial charge on any atom is -0.396 e. The number of hydrogen-bond acceptors (Lipinski definition) is 5. The monoisotopic (exact) mass is 517 g/mol. The molecule has 4 fully saturated rings. The van der Waals surface area contributed by atoms with E-state index in [9.17, 15) is 19.5 Å². The number of likely N-dealkylation sites (N-methyl/N-ethyl adjacent to an activating group) is 1. The van der Waals surface area contributed by atoms with Crippen LogP contribution in [0.5, 0.6) is 0 Å². The quantitative estimate of drug-likeness (QED) is 0.336. The molecular formula is C28H43N3O4S. The standard InChI is InChI=1S/C28H43N3O4S/c1-5-16-29(4)24(33)21-22-25(34)31(18-10-11-19-32)23(28(22)15-14-27(21,3)36-28)26(35)30(17-6-2)20-12-8-7-9-13-20/h5-6,20-23,32H,1-2,7-19H2,3-4H3/t21-,22-,23?,27+,28?/m0/s1. The van der Waals surface area contributed by atoms with Gasteiger partial charge < -0.3 is 19.8 Å². The van der Waals surface area contributed by atoms with Crippen molar-refractivity contribution >= 4 is 29.5 Å². The third-order valence-corrected chi connectivity index (χ3v) is 11.0. The van der Waals surface area contributed by atoms with Crippen LogP contribution < -0.4 is 0 Å². The van der Waals surface area contributed by atoms with Gasteiger partial charge in [0.05, 0.1) is 16.6 Å². The Morgan fingerprint density at radius 3 is 2.44 bits per heavy atom. The van der Waals surface area contributed by atoms with E-state index in [0.29, 0.717) is 32.5 Å². The zero-order valence-electron chi connectivity index (χ0n) is 22.0. The van der Waals surface area contributed by atoms with E-state index in [1.807, 2.05) is 4.90 Å². The van der Waals surface area contributed by atoms with Crippen molar-refractivity contribution in [1.29, 1.82) is 0 Å². The highest BCUT2D eigenvalue weighted by Gasteiger charge is 2.77. The van der Waals surface area contributed by atoms with Crippen molar-refractivity contribution in [3.05, 3.63) is 25.3 Å². The first-order valence-electron chi connectivity index (χ1n) is 13.6. The fourth-order valence-electron chi connectivity index (χ4n) is 7.34. The highest BCUT2D eigenvalue weighted by Crippen LogP contribution is 2.71. The Balaban J connectivity index is 1.73. The van der Waals surface area contributed by atoms with Gasteiger partial charge in [-0.3, -0.25) is 14.4 Å². The highest BCUT2D eigenvalue weighted by molar-refractivity contribution is 8.02. The summed E-state index contributed by atoms with van der Waals surface area (Å²) >= 11 is 1.73. The molecule has 1 saturated carbocycles. The Morgan fingerprint density at radius 1 is 1.11 bits per heavy atom. The predicted octanol–water partition coefficient (Wildman–Crippen LogP) is 3.23. The molecule has 36 heavy (non-hydrogen) atoms. The van der Waals surface area contributed by atoms with E-state index in [0.717, 1.165) is 38.5 Å². The average molecular weight is 518 g/mol. The molecule has 200 valence electrons. The van der Waals surface area contributed by atoms with Crippen LogP contribution in [-0.4, -0.2) is 92.4 Å². The number of rotatable bonds is 11. The fourth-order valence-corrected chi connectivity index (χ4v) is 9.69. The summed E-state index contributed by atoms with van der Waals surface area (Å²) < 4.78 is -0.956. The van der Waals surface area contributed by atoms with E-state index in [4.69, 9.17) is 0 Å². The van der Waals surface area contributed by atoms with E-state index >= 15 is 0 Å². The van der Waals surface area contributed by atoms with Gasteiger partial charge in [0, 0.05) is 44.1 Å². The Bertz CT molecular complexity index is 890. The van der Waals surface area contributed by atoms with Crippen LogP contribution in [0.4, 0.5) is 0 Å². The molecule has 0 aromatic carbocycles. The number of carbonyl (C=O) groups is 3. The average Bonchev–Trinajstić information content (AvgIpc) is 3.43. The second kappa shape index (κ2) is 10.9. The molecule has 1 N–H and O–H groups in total. The van der Waals surface area contributed by atoms with Crippen LogP contribution >= 0.6 is 11.8 Å². The first kappa shape index (κ1) is 27.2. The van der Waals surface area contributed by atoms with Crippen LogP contribution in [0.25, 0.3) is 0 Å². The van der Waals surface area contributed by atoms with Crippen LogP contribution in [0.2, 0.25) is 0 Å². The van der Waals surface area contributed by atoms with Gasteiger partial charge in [0.25, 0.3) is 0 Å². The van der Waals surface area contributed by atoms with E-state index in [1.165, 1.54) is 6.42 Å². The molecule has 1 spiro atoms. The molecule has 3 saturated heterocycles. The number of fused-ring (bicyclic) bond motifs is 1. The lowest BCUT2D eigenvalue weighted by atomic mass is 9.66. The molecule has 3 amide bonds. The number of aliphatic hydroxyl groups is 1. The summed E-state index contributed by atoms with van der Waals surface area (Å²) in [6.45, 7) is 11.2. The number of thioether (sulfide) groups is 1. The summed E-state index contributed by atoms with van der Waals surface area (Å²) in [5, 5.41) is 9.38. The number of unbranched alkanes of at least 4 members (excludes halogenated alkanes) is 1. The molecule has 8 heteroatoms. The summed E-state index contributed by atoms with van der Waals surface area (Å²) in [6.07, 6.45) is 11.7. The molecule has 5 atom stereocenters. The van der Waals surface area contributed by atoms with Gasteiger partial charge in [-0.1, -0.05) is 31.4 Å². The lowest BCUT2D eigenvalue weighted by Crippen LogP contribution is -2.57. The van der Waals surface area contributed by atoms with Crippen molar-refractivity contribution in [2.75, 3.05) is 33.3 Å². The van der Waals surface area contributed by atoms with Crippen molar-refractivity contribution in [3.63, 3.8) is 0 Å². The summed E-state index contributed by atoms with van der Waals surface area (Å²) in [4.78, 5) is 47.8. The van der Waals surface area contributed by atoms with Gasteiger partial charge in [-0.15, -0.1) is 24.9 Å². The molecule has 0 aromatic heterocycles. The van der Waals surface area contributed by atoms with Crippen molar-refractivity contribution in [2.45, 2.75) is 86.3 Å². The molecular weight excluding hydrogens is 474 g/mol. The van der Waals surface area contributed by atoms with Crippen LogP contribution in [0.3, 0.4) is 0 Å². The number of amides is 3. The number of carbonyl (C=O) groups excluding carboxylic acids is 3. The second-order valence-corrected chi connectivity index (χ2v) is 13.2. The SMILES string of the molecule is C=CCN(C)C(=O)[C@@H]1[C@H]2C(=O)N(CCCCO)C(C(=O)N(CC=C)C3CCCCC3)C23CC[C@@]1(C)S3. The minimum atomic E-state index is -0.592. The second-order valence-electron chi connectivity index (χ2n) is 11.3. The Labute approximate surface area is 220 Å². The van der Waals surface area contributed by atoms with Gasteiger partial charge in [0.1, 0.15) is 6.04 Å². The topological polar surface area (TPSA) is 81.2 Å². The smallest absolute Gasteiger partial charge is 0.247 e. The Morgan fingerprint density at radius 2 is 1.81 bits per heavy atom. The van der Waals surface area contributed by atoms with Gasteiger partial charge in [-0.05, 0) is 45.4 Å². The lowest BCUT2D eigenvalue weighted by molar-refractivity contribution is -0.145. The molecule has 1 aliphatic carbocycles.